The Hall–Kier alpha value is -0.860. The minimum Gasteiger partial charge on any atom is -0.446 e. The van der Waals surface area contributed by atoms with Crippen molar-refractivity contribution in [1.82, 2.24) is 9.44 Å². The molecule has 0 rings (SSSR count). The first kappa shape index (κ1) is 16.1. The summed E-state index contributed by atoms with van der Waals surface area (Å²) >= 11 is 0. The standard InChI is InChI=1S/C9H20N2O5S/c1-6(2)16-9(13)11-17(14,15)10-8(4)7(3)5-12/h6-8,10,12H,5H2,1-4H3,(H,11,13). The van der Waals surface area contributed by atoms with E-state index < -0.39 is 28.4 Å². The number of aliphatic hydroxyl groups is 1. The van der Waals surface area contributed by atoms with E-state index in [0.717, 1.165) is 0 Å². The van der Waals surface area contributed by atoms with E-state index in [1.807, 2.05) is 0 Å². The maximum Gasteiger partial charge on any atom is 0.422 e. The van der Waals surface area contributed by atoms with E-state index in [1.54, 1.807) is 32.4 Å². The Labute approximate surface area is 102 Å². The number of aliphatic hydroxyl groups excluding tert-OH is 1. The van der Waals surface area contributed by atoms with Gasteiger partial charge >= 0.3 is 16.3 Å². The fourth-order valence-electron chi connectivity index (χ4n) is 0.896. The van der Waals surface area contributed by atoms with Crippen LogP contribution in [0.25, 0.3) is 0 Å². The summed E-state index contributed by atoms with van der Waals surface area (Å²) < 4.78 is 31.5. The number of nitrogens with one attached hydrogen (secondary N) is 2. The van der Waals surface area contributed by atoms with Gasteiger partial charge in [-0.3, -0.25) is 0 Å². The van der Waals surface area contributed by atoms with Crippen LogP contribution in [0.2, 0.25) is 0 Å². The molecule has 3 N–H and O–H groups in total. The predicted molar refractivity (Wildman–Crippen MR) is 62.5 cm³/mol. The van der Waals surface area contributed by atoms with Crippen LogP contribution in [0.5, 0.6) is 0 Å². The zero-order valence-corrected chi connectivity index (χ0v) is 11.2. The third-order valence-electron chi connectivity index (χ3n) is 2.04. The van der Waals surface area contributed by atoms with Crippen molar-refractivity contribution in [2.45, 2.75) is 39.8 Å². The highest BCUT2D eigenvalue weighted by molar-refractivity contribution is 7.88. The number of ether oxygens (including phenoxy) is 1. The Kier molecular flexibility index (Phi) is 6.43. The second-order valence-electron chi connectivity index (χ2n) is 4.13. The lowest BCUT2D eigenvalue weighted by Crippen LogP contribution is -2.47. The molecule has 102 valence electrons. The SMILES string of the molecule is CC(C)OC(=O)NS(=O)(=O)NC(C)C(C)CO. The highest BCUT2D eigenvalue weighted by Crippen LogP contribution is 2.01. The number of carbonyl (C=O) groups is 1. The number of carbonyl (C=O) groups excluding carboxylic acids is 1. The van der Waals surface area contributed by atoms with Crippen LogP contribution in [0.15, 0.2) is 0 Å². The predicted octanol–water partition coefficient (Wildman–Crippen LogP) is -0.0277. The van der Waals surface area contributed by atoms with Crippen molar-refractivity contribution in [2.24, 2.45) is 5.92 Å². The fourth-order valence-corrected chi connectivity index (χ4v) is 1.94. The molecule has 0 aromatic rings. The molecule has 0 aliphatic heterocycles. The van der Waals surface area contributed by atoms with Crippen molar-refractivity contribution in [3.05, 3.63) is 0 Å². The van der Waals surface area contributed by atoms with E-state index in [1.165, 1.54) is 0 Å². The molecule has 0 saturated heterocycles. The Morgan fingerprint density at radius 1 is 1.29 bits per heavy atom. The second kappa shape index (κ2) is 6.77. The molecule has 0 aromatic heterocycles. The molecule has 0 radical (unpaired) electrons. The fraction of sp³-hybridized carbons (Fsp3) is 0.889. The number of amides is 1. The van der Waals surface area contributed by atoms with E-state index in [0.29, 0.717) is 0 Å². The molecule has 7 nitrogen and oxygen atoms in total. The van der Waals surface area contributed by atoms with Gasteiger partial charge in [0.2, 0.25) is 0 Å². The first-order valence-electron chi connectivity index (χ1n) is 5.29. The van der Waals surface area contributed by atoms with Gasteiger partial charge in [0.15, 0.2) is 0 Å². The van der Waals surface area contributed by atoms with Gasteiger partial charge in [-0.05, 0) is 26.7 Å². The van der Waals surface area contributed by atoms with Crippen LogP contribution in [0.4, 0.5) is 4.79 Å². The van der Waals surface area contributed by atoms with Crippen molar-refractivity contribution >= 4 is 16.3 Å². The zero-order valence-electron chi connectivity index (χ0n) is 10.4. The molecule has 0 aromatic carbocycles. The first-order chi connectivity index (χ1) is 7.68. The van der Waals surface area contributed by atoms with Gasteiger partial charge in [-0.2, -0.15) is 13.1 Å². The molecular weight excluding hydrogens is 248 g/mol. The maximum absolute atomic E-state index is 11.4. The Morgan fingerprint density at radius 3 is 2.24 bits per heavy atom. The average Bonchev–Trinajstić information content (AvgIpc) is 2.12. The van der Waals surface area contributed by atoms with Crippen LogP contribution in [0.1, 0.15) is 27.7 Å². The van der Waals surface area contributed by atoms with Gasteiger partial charge in [-0.15, -0.1) is 0 Å². The molecule has 2 unspecified atom stereocenters. The van der Waals surface area contributed by atoms with Crippen LogP contribution in [-0.2, 0) is 14.9 Å². The van der Waals surface area contributed by atoms with Gasteiger partial charge in [0.1, 0.15) is 0 Å². The quantitative estimate of drug-likeness (QED) is 0.627. The molecule has 2 atom stereocenters. The molecule has 0 spiro atoms. The summed E-state index contributed by atoms with van der Waals surface area (Å²) in [5.41, 5.74) is 0. The minimum atomic E-state index is -3.97. The Morgan fingerprint density at radius 2 is 1.82 bits per heavy atom. The highest BCUT2D eigenvalue weighted by atomic mass is 32.2. The van der Waals surface area contributed by atoms with Crippen molar-refractivity contribution in [1.29, 1.82) is 0 Å². The summed E-state index contributed by atoms with van der Waals surface area (Å²) in [6.45, 7) is 6.33. The van der Waals surface area contributed by atoms with Crippen LogP contribution in [0, 0.1) is 5.92 Å². The molecule has 0 heterocycles. The number of rotatable bonds is 6. The van der Waals surface area contributed by atoms with Crippen LogP contribution >= 0.6 is 0 Å². The average molecular weight is 268 g/mol. The molecule has 1 amide bonds. The van der Waals surface area contributed by atoms with Crippen LogP contribution in [-0.4, -0.2) is 38.4 Å². The smallest absolute Gasteiger partial charge is 0.422 e. The van der Waals surface area contributed by atoms with E-state index in [9.17, 15) is 13.2 Å². The lowest BCUT2D eigenvalue weighted by molar-refractivity contribution is 0.121. The molecule has 0 fully saturated rings. The molecular formula is C9H20N2O5S. The first-order valence-corrected chi connectivity index (χ1v) is 6.77. The topological polar surface area (TPSA) is 105 Å². The molecule has 0 aliphatic carbocycles. The van der Waals surface area contributed by atoms with Gasteiger partial charge in [-0.25, -0.2) is 9.52 Å². The van der Waals surface area contributed by atoms with Crippen LogP contribution < -0.4 is 9.44 Å². The molecule has 0 aliphatic rings. The van der Waals surface area contributed by atoms with Crippen LogP contribution in [0.3, 0.4) is 0 Å². The van der Waals surface area contributed by atoms with Gasteiger partial charge in [0.25, 0.3) is 0 Å². The van der Waals surface area contributed by atoms with Gasteiger partial charge in [0.05, 0.1) is 6.10 Å². The maximum atomic E-state index is 11.4. The second-order valence-corrected chi connectivity index (χ2v) is 5.57. The third kappa shape index (κ3) is 7.14. The molecule has 0 bridgehead atoms. The monoisotopic (exact) mass is 268 g/mol. The van der Waals surface area contributed by atoms with Gasteiger partial charge in [-0.1, -0.05) is 6.92 Å². The van der Waals surface area contributed by atoms with Gasteiger partial charge in [0, 0.05) is 12.6 Å². The summed E-state index contributed by atoms with van der Waals surface area (Å²) in [6, 6.07) is -0.496. The normalized spacial score (nSPS) is 15.4. The van der Waals surface area contributed by atoms with Crippen molar-refractivity contribution < 1.29 is 23.1 Å². The molecule has 0 saturated carbocycles. The Bertz CT molecular complexity index is 341. The lowest BCUT2D eigenvalue weighted by atomic mass is 10.1. The van der Waals surface area contributed by atoms with Gasteiger partial charge < -0.3 is 9.84 Å². The zero-order chi connectivity index (χ0) is 13.6. The largest absolute Gasteiger partial charge is 0.446 e. The van der Waals surface area contributed by atoms with E-state index >= 15 is 0 Å². The molecule has 8 heteroatoms. The van der Waals surface area contributed by atoms with E-state index in [2.05, 4.69) is 9.46 Å². The summed E-state index contributed by atoms with van der Waals surface area (Å²) in [4.78, 5) is 11.1. The Balaban J connectivity index is 4.35. The van der Waals surface area contributed by atoms with Crippen molar-refractivity contribution in [2.75, 3.05) is 6.61 Å². The lowest BCUT2D eigenvalue weighted by Gasteiger charge is -2.19. The van der Waals surface area contributed by atoms with E-state index in [-0.39, 0.29) is 12.5 Å². The van der Waals surface area contributed by atoms with E-state index in [4.69, 9.17) is 5.11 Å². The minimum absolute atomic E-state index is 0.153. The number of hydrogen-bond donors (Lipinski definition) is 3. The number of hydrogen-bond acceptors (Lipinski definition) is 5. The van der Waals surface area contributed by atoms with Crippen molar-refractivity contribution in [3.63, 3.8) is 0 Å². The molecule has 17 heavy (non-hydrogen) atoms. The highest BCUT2D eigenvalue weighted by Gasteiger charge is 2.21. The summed E-state index contributed by atoms with van der Waals surface area (Å²) in [6.07, 6.45) is -1.43. The van der Waals surface area contributed by atoms with Crippen molar-refractivity contribution in [3.8, 4) is 0 Å². The summed E-state index contributed by atoms with van der Waals surface area (Å²) in [7, 11) is -3.97. The summed E-state index contributed by atoms with van der Waals surface area (Å²) in [5, 5.41) is 8.86. The summed E-state index contributed by atoms with van der Waals surface area (Å²) in [5.74, 6) is -0.257. The third-order valence-corrected chi connectivity index (χ3v) is 3.16.